The van der Waals surface area contributed by atoms with E-state index < -0.39 is 0 Å². The lowest BCUT2D eigenvalue weighted by Crippen LogP contribution is -2.10. The Morgan fingerprint density at radius 2 is 1.02 bits per heavy atom. The Labute approximate surface area is 232 Å². The summed E-state index contributed by atoms with van der Waals surface area (Å²) >= 11 is 0. The molecule has 0 amide bonds. The zero-order valence-corrected chi connectivity index (χ0v) is 21.8. The summed E-state index contributed by atoms with van der Waals surface area (Å²) in [5.74, 6) is 0. The summed E-state index contributed by atoms with van der Waals surface area (Å²) in [6, 6.07) is 53.8. The number of furan rings is 1. The molecule has 188 valence electrons. The third-order valence-corrected chi connectivity index (χ3v) is 7.84. The molecule has 2 heteroatoms. The van der Waals surface area contributed by atoms with Gasteiger partial charge in [-0.3, -0.25) is 0 Å². The number of benzene rings is 7. The lowest BCUT2D eigenvalue weighted by molar-refractivity contribution is 0.669. The average Bonchev–Trinajstić information content (AvgIpc) is 3.41. The molecule has 2 nitrogen and oxygen atoms in total. The van der Waals surface area contributed by atoms with Crippen molar-refractivity contribution in [2.24, 2.45) is 0 Å². The number of hydrogen-bond acceptors (Lipinski definition) is 2. The van der Waals surface area contributed by atoms with Crippen LogP contribution in [0.1, 0.15) is 0 Å². The van der Waals surface area contributed by atoms with E-state index in [1.54, 1.807) is 0 Å². The first-order chi connectivity index (χ1) is 19.8. The highest BCUT2D eigenvalue weighted by molar-refractivity contribution is 6.19. The van der Waals surface area contributed by atoms with Gasteiger partial charge in [-0.05, 0) is 69.8 Å². The lowest BCUT2D eigenvalue weighted by atomic mass is 10.0. The maximum absolute atomic E-state index is 6.32. The fraction of sp³-hybridized carbons (Fsp3) is 0. The fourth-order valence-corrected chi connectivity index (χ4v) is 5.94. The van der Waals surface area contributed by atoms with Gasteiger partial charge in [-0.25, -0.2) is 0 Å². The van der Waals surface area contributed by atoms with E-state index in [9.17, 15) is 0 Å². The van der Waals surface area contributed by atoms with E-state index in [1.165, 1.54) is 32.7 Å². The normalized spacial score (nSPS) is 11.5. The van der Waals surface area contributed by atoms with Crippen LogP contribution in [-0.2, 0) is 0 Å². The van der Waals surface area contributed by atoms with Crippen LogP contribution >= 0.6 is 0 Å². The van der Waals surface area contributed by atoms with Crippen LogP contribution in [0.5, 0.6) is 0 Å². The van der Waals surface area contributed by atoms with Gasteiger partial charge in [-0.2, -0.15) is 0 Å². The second-order valence-corrected chi connectivity index (χ2v) is 10.2. The molecule has 0 bridgehead atoms. The first-order valence-corrected chi connectivity index (χ1v) is 13.6. The van der Waals surface area contributed by atoms with Crippen LogP contribution < -0.4 is 4.90 Å². The molecule has 0 N–H and O–H groups in total. The number of hydrogen-bond donors (Lipinski definition) is 0. The maximum atomic E-state index is 6.32. The van der Waals surface area contributed by atoms with Crippen LogP contribution in [0.25, 0.3) is 54.6 Å². The maximum Gasteiger partial charge on any atom is 0.136 e. The molecule has 0 saturated carbocycles. The van der Waals surface area contributed by atoms with Crippen molar-refractivity contribution < 1.29 is 4.42 Å². The van der Waals surface area contributed by atoms with Crippen molar-refractivity contribution in [1.82, 2.24) is 0 Å². The van der Waals surface area contributed by atoms with E-state index in [0.717, 1.165) is 39.0 Å². The minimum atomic E-state index is 0.896. The first-order valence-electron chi connectivity index (χ1n) is 13.6. The van der Waals surface area contributed by atoms with Crippen LogP contribution in [0.3, 0.4) is 0 Å². The topological polar surface area (TPSA) is 16.4 Å². The van der Waals surface area contributed by atoms with Gasteiger partial charge >= 0.3 is 0 Å². The highest BCUT2D eigenvalue weighted by Gasteiger charge is 2.18. The zero-order chi connectivity index (χ0) is 26.5. The molecule has 40 heavy (non-hydrogen) atoms. The van der Waals surface area contributed by atoms with Crippen LogP contribution in [0.15, 0.2) is 156 Å². The summed E-state index contributed by atoms with van der Waals surface area (Å²) in [5.41, 5.74) is 7.55. The average molecular weight is 512 g/mol. The minimum absolute atomic E-state index is 0.896. The summed E-state index contributed by atoms with van der Waals surface area (Å²) in [4.78, 5) is 2.36. The van der Waals surface area contributed by atoms with E-state index in [-0.39, 0.29) is 0 Å². The number of rotatable bonds is 4. The SMILES string of the molecule is c1ccc(-c2ccc(N(c3ccc4oc5ccc6ccccc6c5c4c3)c3cccc4ccccc34)cc2)cc1. The van der Waals surface area contributed by atoms with Gasteiger partial charge in [-0.15, -0.1) is 0 Å². The number of fused-ring (bicyclic) bond motifs is 6. The molecule has 8 rings (SSSR count). The number of nitrogens with zero attached hydrogens (tertiary/aromatic N) is 1. The predicted molar refractivity (Wildman–Crippen MR) is 169 cm³/mol. The van der Waals surface area contributed by atoms with E-state index in [0.29, 0.717) is 0 Å². The van der Waals surface area contributed by atoms with Gasteiger partial charge < -0.3 is 9.32 Å². The largest absolute Gasteiger partial charge is 0.456 e. The second-order valence-electron chi connectivity index (χ2n) is 10.2. The second kappa shape index (κ2) is 9.14. The Kier molecular flexibility index (Phi) is 5.17. The van der Waals surface area contributed by atoms with Crippen molar-refractivity contribution in [2.75, 3.05) is 4.90 Å². The molecule has 0 unspecified atom stereocenters. The third kappa shape index (κ3) is 3.65. The van der Waals surface area contributed by atoms with Crippen molar-refractivity contribution in [3.05, 3.63) is 152 Å². The van der Waals surface area contributed by atoms with E-state index in [2.05, 4.69) is 157 Å². The number of anilines is 3. The van der Waals surface area contributed by atoms with Gasteiger partial charge in [-0.1, -0.05) is 109 Å². The molecule has 0 fully saturated rings. The summed E-state index contributed by atoms with van der Waals surface area (Å²) in [6.07, 6.45) is 0. The van der Waals surface area contributed by atoms with Crippen LogP contribution in [0.4, 0.5) is 17.1 Å². The Bertz CT molecular complexity index is 2150. The summed E-state index contributed by atoms with van der Waals surface area (Å²) < 4.78 is 6.32. The molecule has 8 aromatic rings. The standard InChI is InChI=1S/C38H25NO/c1-2-9-26(10-3-1)27-17-20-30(21-18-27)39(35-16-8-13-28-11-4-6-14-32(28)35)31-22-24-36-34(25-31)38-33-15-7-5-12-29(33)19-23-37(38)40-36/h1-25H. The van der Waals surface area contributed by atoms with Crippen LogP contribution in [-0.4, -0.2) is 0 Å². The fourth-order valence-electron chi connectivity index (χ4n) is 5.94. The molecule has 0 aliphatic carbocycles. The Balaban J connectivity index is 1.37. The van der Waals surface area contributed by atoms with Crippen molar-refractivity contribution in [1.29, 1.82) is 0 Å². The van der Waals surface area contributed by atoms with Gasteiger partial charge in [0.2, 0.25) is 0 Å². The summed E-state index contributed by atoms with van der Waals surface area (Å²) in [5, 5.41) is 7.12. The molecule has 0 aliphatic heterocycles. The molecule has 0 spiro atoms. The third-order valence-electron chi connectivity index (χ3n) is 7.84. The first kappa shape index (κ1) is 22.6. The van der Waals surface area contributed by atoms with Gasteiger partial charge in [0.05, 0.1) is 5.69 Å². The van der Waals surface area contributed by atoms with E-state index >= 15 is 0 Å². The molecule has 0 radical (unpaired) electrons. The van der Waals surface area contributed by atoms with E-state index in [1.807, 2.05) is 0 Å². The Morgan fingerprint density at radius 1 is 0.400 bits per heavy atom. The van der Waals surface area contributed by atoms with E-state index in [4.69, 9.17) is 4.42 Å². The summed E-state index contributed by atoms with van der Waals surface area (Å²) in [7, 11) is 0. The molecule has 1 heterocycles. The molecule has 0 aliphatic rings. The highest BCUT2D eigenvalue weighted by atomic mass is 16.3. The van der Waals surface area contributed by atoms with Gasteiger partial charge in [0, 0.05) is 27.5 Å². The van der Waals surface area contributed by atoms with Gasteiger partial charge in [0.1, 0.15) is 11.2 Å². The van der Waals surface area contributed by atoms with Crippen LogP contribution in [0.2, 0.25) is 0 Å². The lowest BCUT2D eigenvalue weighted by Gasteiger charge is -2.27. The molecule has 0 atom stereocenters. The highest BCUT2D eigenvalue weighted by Crippen LogP contribution is 2.42. The molecule has 1 aromatic heterocycles. The monoisotopic (exact) mass is 511 g/mol. The minimum Gasteiger partial charge on any atom is -0.456 e. The molecule has 7 aromatic carbocycles. The molecular formula is C38H25NO. The Hall–Kier alpha value is -5.34. The zero-order valence-electron chi connectivity index (χ0n) is 21.8. The quantitative estimate of drug-likeness (QED) is 0.234. The Morgan fingerprint density at radius 3 is 1.85 bits per heavy atom. The smallest absolute Gasteiger partial charge is 0.136 e. The summed E-state index contributed by atoms with van der Waals surface area (Å²) in [6.45, 7) is 0. The van der Waals surface area contributed by atoms with Gasteiger partial charge in [0.25, 0.3) is 0 Å². The van der Waals surface area contributed by atoms with Crippen molar-refractivity contribution in [3.63, 3.8) is 0 Å². The molecular weight excluding hydrogens is 486 g/mol. The predicted octanol–water partition coefficient (Wildman–Crippen LogP) is 11.0. The van der Waals surface area contributed by atoms with Gasteiger partial charge in [0.15, 0.2) is 0 Å². The van der Waals surface area contributed by atoms with Crippen LogP contribution in [0, 0.1) is 0 Å². The van der Waals surface area contributed by atoms with Crippen molar-refractivity contribution in [2.45, 2.75) is 0 Å². The van der Waals surface area contributed by atoms with Crippen molar-refractivity contribution >= 4 is 60.5 Å². The van der Waals surface area contributed by atoms with Crippen molar-refractivity contribution in [3.8, 4) is 11.1 Å². The molecule has 0 saturated heterocycles.